The fourth-order valence-electron chi connectivity index (χ4n) is 1.97. The fourth-order valence-corrected chi connectivity index (χ4v) is 2.27. The predicted molar refractivity (Wildman–Crippen MR) is 49.9 cm³/mol. The van der Waals surface area contributed by atoms with Gasteiger partial charge in [-0.2, -0.15) is 65.6 Å². The summed E-state index contributed by atoms with van der Waals surface area (Å²) in [5.74, 6) is -48.9. The van der Waals surface area contributed by atoms with Gasteiger partial charge in [0.15, 0.2) is 0 Å². The van der Waals surface area contributed by atoms with Crippen LogP contribution in [0.5, 0.6) is 0 Å². The van der Waals surface area contributed by atoms with Crippen LogP contribution in [0.15, 0.2) is 0 Å². The fraction of sp³-hybridized carbons (Fsp3) is 1.00. The number of rotatable bonds is 4. The van der Waals surface area contributed by atoms with E-state index >= 15 is 0 Å². The van der Waals surface area contributed by atoms with E-state index in [2.05, 4.69) is 0 Å². The largest absolute Gasteiger partial charge is 0.436 e. The Balaban J connectivity index is 4.03. The molecule has 1 fully saturated rings. The number of halogens is 15. The van der Waals surface area contributed by atoms with Crippen LogP contribution in [-0.4, -0.2) is 55.7 Å². The highest BCUT2D eigenvalue weighted by atomic mass is 32.2. The Morgan fingerprint density at radius 3 is 1.07 bits per heavy atom. The topological polar surface area (TPSA) is 43.4 Å². The van der Waals surface area contributed by atoms with E-state index in [0.29, 0.717) is 0 Å². The van der Waals surface area contributed by atoms with Crippen LogP contribution in [0.3, 0.4) is 0 Å². The molecular weight excluding hydrogens is 461 g/mol. The van der Waals surface area contributed by atoms with Crippen LogP contribution in [-0.2, 0) is 15.2 Å². The minimum absolute atomic E-state index is 1.88. The first-order valence-electron chi connectivity index (χ1n) is 5.59. The van der Waals surface area contributed by atoms with Gasteiger partial charge in [0.1, 0.15) is 0 Å². The van der Waals surface area contributed by atoms with Crippen molar-refractivity contribution >= 4 is 11.0 Å². The van der Waals surface area contributed by atoms with Crippen molar-refractivity contribution in [1.29, 1.82) is 0 Å². The lowest BCUT2D eigenvalue weighted by Gasteiger charge is -2.54. The highest BCUT2D eigenvalue weighted by Gasteiger charge is 3.07. The first-order chi connectivity index (χ1) is 11.4. The van der Waals surface area contributed by atoms with Gasteiger partial charge in [-0.3, -0.25) is 0 Å². The summed E-state index contributed by atoms with van der Waals surface area (Å²) in [6, 6.07) is 0. The van der Waals surface area contributed by atoms with Crippen LogP contribution in [0.4, 0.5) is 65.9 Å². The standard InChI is InChI=1S/C8HF15O3S/c9-1(4(14,15)8(22,23)26-27(24)25)2(10,11)5(16,17)7(20,21)6(18,19)3(1,12)13/h27H. The molecule has 0 unspecified atom stereocenters. The highest BCUT2D eigenvalue weighted by Crippen LogP contribution is 2.73. The Labute approximate surface area is 138 Å². The lowest BCUT2D eigenvalue weighted by molar-refractivity contribution is -0.522. The molecule has 0 saturated heterocycles. The molecule has 1 aliphatic carbocycles. The molecule has 0 N–H and O–H groups in total. The predicted octanol–water partition coefficient (Wildman–Crippen LogP) is 3.66. The van der Waals surface area contributed by atoms with Gasteiger partial charge in [0.25, 0.3) is 11.0 Å². The van der Waals surface area contributed by atoms with E-state index in [1.54, 1.807) is 0 Å². The molecule has 0 amide bonds. The first-order valence-corrected chi connectivity index (χ1v) is 6.68. The van der Waals surface area contributed by atoms with Gasteiger partial charge in [0.2, 0.25) is 0 Å². The Kier molecular flexibility index (Phi) is 4.84. The van der Waals surface area contributed by atoms with E-state index in [0.717, 1.165) is 0 Å². The van der Waals surface area contributed by atoms with Crippen molar-refractivity contribution in [2.45, 2.75) is 47.3 Å². The molecule has 0 bridgehead atoms. The summed E-state index contributed by atoms with van der Waals surface area (Å²) in [5, 5.41) is 0. The van der Waals surface area contributed by atoms with Crippen LogP contribution < -0.4 is 0 Å². The molecule has 3 nitrogen and oxygen atoms in total. The SMILES string of the molecule is O=[SH](=O)OC(F)(F)C(F)(F)C1(F)C(F)(F)C(F)(F)C(F)(F)C(F)(F)C1(F)F. The van der Waals surface area contributed by atoms with E-state index < -0.39 is 58.3 Å². The number of alkyl halides is 15. The van der Waals surface area contributed by atoms with Gasteiger partial charge in [-0.1, -0.05) is 0 Å². The average Bonchev–Trinajstić information content (AvgIpc) is 2.42. The first kappa shape index (κ1) is 23.9. The summed E-state index contributed by atoms with van der Waals surface area (Å²) in [4.78, 5) is 0. The maximum atomic E-state index is 13.9. The second-order valence-corrected chi connectivity index (χ2v) is 5.57. The molecule has 27 heavy (non-hydrogen) atoms. The zero-order valence-corrected chi connectivity index (χ0v) is 12.2. The summed E-state index contributed by atoms with van der Waals surface area (Å²) < 4.78 is 219. The van der Waals surface area contributed by atoms with E-state index in [4.69, 9.17) is 0 Å². The Morgan fingerprint density at radius 1 is 0.556 bits per heavy atom. The van der Waals surface area contributed by atoms with Gasteiger partial charge in [0, 0.05) is 0 Å². The van der Waals surface area contributed by atoms with Crippen LogP contribution in [0.1, 0.15) is 0 Å². The maximum Gasteiger partial charge on any atom is 0.436 e. The van der Waals surface area contributed by atoms with Crippen molar-refractivity contribution in [1.82, 2.24) is 0 Å². The number of hydrogen-bond acceptors (Lipinski definition) is 3. The van der Waals surface area contributed by atoms with Gasteiger partial charge in [0.05, 0.1) is 0 Å². The lowest BCUT2D eigenvalue weighted by atomic mass is 9.69. The third-order valence-corrected chi connectivity index (χ3v) is 3.81. The quantitative estimate of drug-likeness (QED) is 0.513. The Morgan fingerprint density at radius 2 is 0.815 bits per heavy atom. The zero-order chi connectivity index (χ0) is 22.3. The summed E-state index contributed by atoms with van der Waals surface area (Å²) in [6.45, 7) is 0. The molecule has 162 valence electrons. The minimum Gasteiger partial charge on any atom is -0.223 e. The number of hydrogen-bond donors (Lipinski definition) is 1. The van der Waals surface area contributed by atoms with E-state index in [-0.39, 0.29) is 0 Å². The molecular formula is C8HF15O3S. The average molecular weight is 462 g/mol. The molecule has 0 aliphatic heterocycles. The molecule has 1 aliphatic rings. The Hall–Kier alpha value is -1.14. The van der Waals surface area contributed by atoms with Gasteiger partial charge < -0.3 is 0 Å². The summed E-state index contributed by atoms with van der Waals surface area (Å²) >= 11 is 0. The maximum absolute atomic E-state index is 13.9. The van der Waals surface area contributed by atoms with Gasteiger partial charge in [-0.15, -0.1) is 0 Å². The van der Waals surface area contributed by atoms with E-state index in [9.17, 15) is 74.3 Å². The van der Waals surface area contributed by atoms with Gasteiger partial charge in [-0.05, 0) is 0 Å². The normalized spacial score (nSPS) is 28.1. The molecule has 1 saturated carbocycles. The second-order valence-electron chi connectivity index (χ2n) is 4.94. The van der Waals surface area contributed by atoms with Crippen molar-refractivity contribution in [2.75, 3.05) is 0 Å². The summed E-state index contributed by atoms with van der Waals surface area (Å²) in [7, 11) is -5.33. The van der Waals surface area contributed by atoms with Crippen molar-refractivity contribution in [2.24, 2.45) is 0 Å². The third kappa shape index (κ3) is 2.26. The molecule has 0 aromatic carbocycles. The molecule has 1 rings (SSSR count). The minimum atomic E-state index is -8.46. The lowest BCUT2D eigenvalue weighted by Crippen LogP contribution is -2.88. The third-order valence-electron chi connectivity index (χ3n) is 3.43. The van der Waals surface area contributed by atoms with E-state index in [1.807, 2.05) is 4.18 Å². The van der Waals surface area contributed by atoms with Crippen LogP contribution in [0, 0.1) is 0 Å². The summed E-state index contributed by atoms with van der Waals surface area (Å²) in [5.41, 5.74) is -8.46. The number of thiol groups is 1. The van der Waals surface area contributed by atoms with Crippen LogP contribution >= 0.6 is 0 Å². The summed E-state index contributed by atoms with van der Waals surface area (Å²) in [6.07, 6.45) is -7.41. The van der Waals surface area contributed by atoms with Crippen molar-refractivity contribution in [3.05, 3.63) is 0 Å². The molecule has 0 aromatic heterocycles. The molecule has 0 heterocycles. The van der Waals surface area contributed by atoms with E-state index in [1.165, 1.54) is 0 Å². The molecule has 0 spiro atoms. The smallest absolute Gasteiger partial charge is 0.223 e. The van der Waals surface area contributed by atoms with Crippen LogP contribution in [0.2, 0.25) is 0 Å². The zero-order valence-electron chi connectivity index (χ0n) is 11.3. The molecule has 0 atom stereocenters. The molecule has 19 heteroatoms. The van der Waals surface area contributed by atoms with Crippen LogP contribution in [0.25, 0.3) is 0 Å². The van der Waals surface area contributed by atoms with Crippen molar-refractivity contribution in [3.63, 3.8) is 0 Å². The van der Waals surface area contributed by atoms with Crippen molar-refractivity contribution in [3.8, 4) is 0 Å². The second kappa shape index (κ2) is 5.47. The monoisotopic (exact) mass is 462 g/mol. The molecule has 0 radical (unpaired) electrons. The molecule has 0 aromatic rings. The van der Waals surface area contributed by atoms with Gasteiger partial charge >= 0.3 is 47.3 Å². The van der Waals surface area contributed by atoms with Gasteiger partial charge in [-0.25, -0.2) is 12.8 Å². The highest BCUT2D eigenvalue weighted by molar-refractivity contribution is 7.67. The Bertz CT molecular complexity index is 657. The van der Waals surface area contributed by atoms with Crippen molar-refractivity contribution < 1.29 is 78.5 Å².